The lowest BCUT2D eigenvalue weighted by Gasteiger charge is -2.12. The number of benzene rings is 2. The molecule has 0 aliphatic heterocycles. The van der Waals surface area contributed by atoms with E-state index in [1.54, 1.807) is 19.5 Å². The maximum atomic E-state index is 12.4. The first-order chi connectivity index (χ1) is 10.3. The topological polar surface area (TPSA) is 56.1 Å². The highest BCUT2D eigenvalue weighted by Crippen LogP contribution is 2.22. The number of rotatable bonds is 4. The predicted octanol–water partition coefficient (Wildman–Crippen LogP) is 2.47. The summed E-state index contributed by atoms with van der Waals surface area (Å²) in [5.74, 6) is 0.735. The van der Waals surface area contributed by atoms with Gasteiger partial charge in [-0.15, -0.1) is 0 Å². The highest BCUT2D eigenvalue weighted by molar-refractivity contribution is 5.76. The highest BCUT2D eigenvalue weighted by Gasteiger charge is 2.04. The predicted molar refractivity (Wildman–Crippen MR) is 82.6 cm³/mol. The van der Waals surface area contributed by atoms with Crippen molar-refractivity contribution >= 4 is 16.6 Å². The van der Waals surface area contributed by atoms with Crippen molar-refractivity contribution in [3.63, 3.8) is 0 Å². The first kappa shape index (κ1) is 13.2. The van der Waals surface area contributed by atoms with E-state index in [9.17, 15) is 4.79 Å². The third-order valence-electron chi connectivity index (χ3n) is 3.28. The highest BCUT2D eigenvalue weighted by atomic mass is 16.5. The Hall–Kier alpha value is -2.82. The molecular formula is C16H15N3O2. The molecule has 0 fully saturated rings. The summed E-state index contributed by atoms with van der Waals surface area (Å²) >= 11 is 0. The van der Waals surface area contributed by atoms with E-state index in [1.807, 2.05) is 42.5 Å². The van der Waals surface area contributed by atoms with Gasteiger partial charge < -0.3 is 10.1 Å². The van der Waals surface area contributed by atoms with Gasteiger partial charge in [0.15, 0.2) is 0 Å². The van der Waals surface area contributed by atoms with Crippen molar-refractivity contribution in [2.75, 3.05) is 12.4 Å². The zero-order valence-electron chi connectivity index (χ0n) is 11.6. The van der Waals surface area contributed by atoms with Crippen molar-refractivity contribution in [1.29, 1.82) is 0 Å². The second-order valence-corrected chi connectivity index (χ2v) is 4.57. The van der Waals surface area contributed by atoms with Gasteiger partial charge in [0.1, 0.15) is 5.75 Å². The molecule has 0 spiro atoms. The number of nitrogens with zero attached hydrogens (tertiary/aromatic N) is 2. The molecule has 0 bridgehead atoms. The van der Waals surface area contributed by atoms with Gasteiger partial charge in [0.2, 0.25) is 0 Å². The van der Waals surface area contributed by atoms with Crippen LogP contribution in [-0.2, 0) is 6.67 Å². The molecule has 2 aromatic carbocycles. The van der Waals surface area contributed by atoms with Crippen LogP contribution in [0.2, 0.25) is 0 Å². The molecule has 1 N–H and O–H groups in total. The lowest BCUT2D eigenvalue weighted by atomic mass is 10.2. The second kappa shape index (κ2) is 5.66. The normalized spacial score (nSPS) is 10.5. The maximum Gasteiger partial charge on any atom is 0.262 e. The van der Waals surface area contributed by atoms with Crippen LogP contribution in [0.4, 0.5) is 5.69 Å². The van der Waals surface area contributed by atoms with Crippen molar-refractivity contribution in [2.24, 2.45) is 0 Å². The molecule has 0 amide bonds. The first-order valence-corrected chi connectivity index (χ1v) is 6.60. The summed E-state index contributed by atoms with van der Waals surface area (Å²) in [7, 11) is 1.62. The van der Waals surface area contributed by atoms with E-state index in [-0.39, 0.29) is 5.56 Å². The number of hydrogen-bond acceptors (Lipinski definition) is 4. The van der Waals surface area contributed by atoms with Gasteiger partial charge in [-0.2, -0.15) is 0 Å². The third-order valence-corrected chi connectivity index (χ3v) is 3.28. The number of aromatic nitrogens is 2. The molecule has 0 radical (unpaired) electrons. The first-order valence-electron chi connectivity index (χ1n) is 6.60. The molecule has 0 aliphatic carbocycles. The molecule has 5 heteroatoms. The average molecular weight is 281 g/mol. The average Bonchev–Trinajstić information content (AvgIpc) is 2.55. The van der Waals surface area contributed by atoms with Gasteiger partial charge in [-0.1, -0.05) is 24.3 Å². The minimum absolute atomic E-state index is 0.0667. The number of methoxy groups -OCH3 is 1. The summed E-state index contributed by atoms with van der Waals surface area (Å²) < 4.78 is 6.81. The molecule has 1 heterocycles. The monoisotopic (exact) mass is 281 g/mol. The molecule has 0 aliphatic rings. The van der Waals surface area contributed by atoms with E-state index in [4.69, 9.17) is 4.74 Å². The Labute approximate surface area is 121 Å². The minimum Gasteiger partial charge on any atom is -0.495 e. The number of hydrogen-bond donors (Lipinski definition) is 1. The van der Waals surface area contributed by atoms with Crippen molar-refractivity contribution in [2.45, 2.75) is 6.67 Å². The molecule has 5 nitrogen and oxygen atoms in total. The van der Waals surface area contributed by atoms with Crippen LogP contribution in [-0.4, -0.2) is 16.7 Å². The van der Waals surface area contributed by atoms with E-state index >= 15 is 0 Å². The van der Waals surface area contributed by atoms with E-state index in [1.165, 1.54) is 4.57 Å². The van der Waals surface area contributed by atoms with Crippen LogP contribution in [0.15, 0.2) is 59.7 Å². The Bertz CT molecular complexity index is 827. The van der Waals surface area contributed by atoms with E-state index in [2.05, 4.69) is 10.3 Å². The Balaban J connectivity index is 1.89. The van der Waals surface area contributed by atoms with Gasteiger partial charge in [0, 0.05) is 0 Å². The molecule has 3 rings (SSSR count). The smallest absolute Gasteiger partial charge is 0.262 e. The fourth-order valence-electron chi connectivity index (χ4n) is 2.18. The Kier molecular flexibility index (Phi) is 3.55. The SMILES string of the molecule is COc1ccccc1NCn1cnc2ccccc2c1=O. The molecule has 106 valence electrons. The molecule has 0 atom stereocenters. The summed E-state index contributed by atoms with van der Waals surface area (Å²) in [6.45, 7) is 0.330. The standard InChI is InChI=1S/C16H15N3O2/c1-21-15-9-5-4-8-14(15)18-11-19-10-17-13-7-3-2-6-12(13)16(19)20/h2-10,18H,11H2,1H3. The van der Waals surface area contributed by atoms with Crippen molar-refractivity contribution in [3.05, 3.63) is 65.2 Å². The van der Waals surface area contributed by atoms with Gasteiger partial charge in [-0.25, -0.2) is 4.98 Å². The summed E-state index contributed by atoms with van der Waals surface area (Å²) in [4.78, 5) is 16.6. The van der Waals surface area contributed by atoms with E-state index in [0.717, 1.165) is 11.4 Å². The number of fused-ring (bicyclic) bond motifs is 1. The molecule has 0 saturated carbocycles. The van der Waals surface area contributed by atoms with Crippen molar-refractivity contribution in [1.82, 2.24) is 9.55 Å². The Morgan fingerprint density at radius 3 is 2.76 bits per heavy atom. The number of para-hydroxylation sites is 3. The summed E-state index contributed by atoms with van der Waals surface area (Å²) in [5, 5.41) is 3.80. The molecule has 1 aromatic heterocycles. The van der Waals surface area contributed by atoms with Crippen LogP contribution in [0.5, 0.6) is 5.75 Å². The van der Waals surface area contributed by atoms with E-state index in [0.29, 0.717) is 17.6 Å². The van der Waals surface area contributed by atoms with Gasteiger partial charge in [-0.05, 0) is 24.3 Å². The van der Waals surface area contributed by atoms with Gasteiger partial charge in [0.05, 0.1) is 36.7 Å². The van der Waals surface area contributed by atoms with Crippen LogP contribution in [0.3, 0.4) is 0 Å². The zero-order chi connectivity index (χ0) is 14.7. The minimum atomic E-state index is -0.0667. The third kappa shape index (κ3) is 2.58. The van der Waals surface area contributed by atoms with E-state index < -0.39 is 0 Å². The molecule has 21 heavy (non-hydrogen) atoms. The molecule has 0 saturated heterocycles. The van der Waals surface area contributed by atoms with Crippen LogP contribution < -0.4 is 15.6 Å². The number of ether oxygens (including phenoxy) is 1. The van der Waals surface area contributed by atoms with Crippen molar-refractivity contribution < 1.29 is 4.74 Å². The van der Waals surface area contributed by atoms with Gasteiger partial charge in [0.25, 0.3) is 5.56 Å². The lowest BCUT2D eigenvalue weighted by Crippen LogP contribution is -2.24. The zero-order valence-corrected chi connectivity index (χ0v) is 11.6. The van der Waals surface area contributed by atoms with Crippen LogP contribution >= 0.6 is 0 Å². The van der Waals surface area contributed by atoms with Gasteiger partial charge >= 0.3 is 0 Å². The summed E-state index contributed by atoms with van der Waals surface area (Å²) in [6, 6.07) is 14.9. The molecule has 3 aromatic rings. The Morgan fingerprint density at radius 1 is 1.14 bits per heavy atom. The molecule has 0 unspecified atom stereocenters. The second-order valence-electron chi connectivity index (χ2n) is 4.57. The lowest BCUT2D eigenvalue weighted by molar-refractivity contribution is 0.416. The fraction of sp³-hybridized carbons (Fsp3) is 0.125. The van der Waals surface area contributed by atoms with Crippen LogP contribution in [0.1, 0.15) is 0 Å². The molecular weight excluding hydrogens is 266 g/mol. The largest absolute Gasteiger partial charge is 0.495 e. The van der Waals surface area contributed by atoms with Crippen LogP contribution in [0, 0.1) is 0 Å². The van der Waals surface area contributed by atoms with Crippen LogP contribution in [0.25, 0.3) is 10.9 Å². The van der Waals surface area contributed by atoms with Crippen molar-refractivity contribution in [3.8, 4) is 5.75 Å². The Morgan fingerprint density at radius 2 is 1.90 bits per heavy atom. The van der Waals surface area contributed by atoms with Gasteiger partial charge in [-0.3, -0.25) is 9.36 Å². The maximum absolute atomic E-state index is 12.4. The summed E-state index contributed by atoms with van der Waals surface area (Å²) in [6.07, 6.45) is 1.55. The number of nitrogens with one attached hydrogen (secondary N) is 1. The number of anilines is 1. The summed E-state index contributed by atoms with van der Waals surface area (Å²) in [5.41, 5.74) is 1.47. The fourth-order valence-corrected chi connectivity index (χ4v) is 2.18. The quantitative estimate of drug-likeness (QED) is 0.798.